The molecule has 126 valence electrons. The maximum atomic E-state index is 12.2. The van der Waals surface area contributed by atoms with Crippen LogP contribution in [0.25, 0.3) is 0 Å². The third-order valence-electron chi connectivity index (χ3n) is 3.70. The highest BCUT2D eigenvalue weighted by Crippen LogP contribution is 2.23. The van der Waals surface area contributed by atoms with Crippen molar-refractivity contribution < 1.29 is 9.21 Å². The summed E-state index contributed by atoms with van der Waals surface area (Å²) in [5.41, 5.74) is 0.742. The van der Waals surface area contributed by atoms with E-state index in [0.29, 0.717) is 47.1 Å². The van der Waals surface area contributed by atoms with Gasteiger partial charge in [-0.05, 0) is 42.5 Å². The molecule has 1 saturated heterocycles. The Hall–Kier alpha value is -1.76. The van der Waals surface area contributed by atoms with Gasteiger partial charge < -0.3 is 19.5 Å². The summed E-state index contributed by atoms with van der Waals surface area (Å²) in [5, 5.41) is 4.80. The highest BCUT2D eigenvalue weighted by Gasteiger charge is 2.24. The number of hydrogen-bond donors (Lipinski definition) is 1. The van der Waals surface area contributed by atoms with E-state index < -0.39 is 0 Å². The molecule has 0 atom stereocenters. The van der Waals surface area contributed by atoms with Crippen molar-refractivity contribution in [3.8, 4) is 0 Å². The quantitative estimate of drug-likeness (QED) is 0.800. The number of halogens is 2. The van der Waals surface area contributed by atoms with E-state index in [9.17, 15) is 4.79 Å². The van der Waals surface area contributed by atoms with Crippen LogP contribution in [-0.4, -0.2) is 47.0 Å². The van der Waals surface area contributed by atoms with Crippen molar-refractivity contribution in [3.05, 3.63) is 52.4 Å². The van der Waals surface area contributed by atoms with Crippen molar-refractivity contribution in [2.45, 2.75) is 0 Å². The molecule has 1 aromatic carbocycles. The molecule has 0 radical (unpaired) electrons. The van der Waals surface area contributed by atoms with Gasteiger partial charge in [-0.15, -0.1) is 0 Å². The molecule has 1 N–H and O–H groups in total. The van der Waals surface area contributed by atoms with Gasteiger partial charge in [0.15, 0.2) is 10.9 Å². The fourth-order valence-corrected chi connectivity index (χ4v) is 3.32. The van der Waals surface area contributed by atoms with E-state index in [4.69, 9.17) is 39.8 Å². The van der Waals surface area contributed by atoms with E-state index in [-0.39, 0.29) is 5.91 Å². The Balaban J connectivity index is 1.56. The number of anilines is 1. The molecular weight excluding hydrogens is 369 g/mol. The molecule has 1 aromatic heterocycles. The van der Waals surface area contributed by atoms with Crippen molar-refractivity contribution in [1.29, 1.82) is 0 Å². The lowest BCUT2D eigenvalue weighted by atomic mass is 10.3. The Morgan fingerprint density at radius 3 is 2.29 bits per heavy atom. The van der Waals surface area contributed by atoms with Crippen molar-refractivity contribution in [3.63, 3.8) is 0 Å². The third kappa shape index (κ3) is 4.01. The molecule has 0 bridgehead atoms. The fourth-order valence-electron chi connectivity index (χ4n) is 2.50. The van der Waals surface area contributed by atoms with Gasteiger partial charge in [0.25, 0.3) is 5.91 Å². The summed E-state index contributed by atoms with van der Waals surface area (Å²) in [5.74, 6) is 0.262. The van der Waals surface area contributed by atoms with Crippen LogP contribution in [0.1, 0.15) is 10.6 Å². The summed E-state index contributed by atoms with van der Waals surface area (Å²) in [6.45, 7) is 2.45. The molecule has 8 heteroatoms. The van der Waals surface area contributed by atoms with E-state index in [1.54, 1.807) is 35.2 Å². The number of nitrogens with one attached hydrogen (secondary N) is 1. The van der Waals surface area contributed by atoms with Crippen LogP contribution in [0.5, 0.6) is 0 Å². The number of hydrogen-bond acceptors (Lipinski definition) is 3. The normalized spacial score (nSPS) is 14.6. The van der Waals surface area contributed by atoms with Crippen molar-refractivity contribution in [2.24, 2.45) is 0 Å². The first kappa shape index (κ1) is 17.1. The Morgan fingerprint density at radius 2 is 1.71 bits per heavy atom. The first-order chi connectivity index (χ1) is 11.5. The van der Waals surface area contributed by atoms with E-state index in [1.807, 2.05) is 4.90 Å². The standard InChI is InChI=1S/C16H15Cl2N3O2S/c17-11-8-12(18)10-13(9-11)19-16(24)21-5-3-20(4-6-21)15(22)14-2-1-7-23-14/h1-2,7-10H,3-6H2,(H,19,24). The van der Waals surface area contributed by atoms with Crippen LogP contribution in [0, 0.1) is 0 Å². The van der Waals surface area contributed by atoms with Gasteiger partial charge in [0.05, 0.1) is 6.26 Å². The molecule has 2 heterocycles. The molecule has 1 fully saturated rings. The Morgan fingerprint density at radius 1 is 1.08 bits per heavy atom. The minimum absolute atomic E-state index is 0.0971. The average molecular weight is 384 g/mol. The predicted octanol–water partition coefficient (Wildman–Crippen LogP) is 3.74. The van der Waals surface area contributed by atoms with E-state index in [1.165, 1.54) is 6.26 Å². The van der Waals surface area contributed by atoms with Crippen molar-refractivity contribution >= 4 is 52.1 Å². The van der Waals surface area contributed by atoms with Crippen LogP contribution in [-0.2, 0) is 0 Å². The average Bonchev–Trinajstić information content (AvgIpc) is 3.07. The number of furan rings is 1. The van der Waals surface area contributed by atoms with E-state index >= 15 is 0 Å². The lowest BCUT2D eigenvalue weighted by Gasteiger charge is -2.35. The molecule has 1 aliphatic heterocycles. The second-order valence-corrected chi connectivity index (χ2v) is 6.60. The Kier molecular flexibility index (Phi) is 5.28. The zero-order valence-electron chi connectivity index (χ0n) is 12.7. The van der Waals surface area contributed by atoms with Gasteiger partial charge in [-0.2, -0.15) is 0 Å². The second-order valence-electron chi connectivity index (χ2n) is 5.34. The van der Waals surface area contributed by atoms with Crippen molar-refractivity contribution in [2.75, 3.05) is 31.5 Å². The van der Waals surface area contributed by atoms with Crippen LogP contribution in [0.2, 0.25) is 10.0 Å². The summed E-state index contributed by atoms with van der Waals surface area (Å²) in [6.07, 6.45) is 1.50. The second kappa shape index (κ2) is 7.42. The number of thiocarbonyl (C=S) groups is 1. The SMILES string of the molecule is O=C(c1ccco1)N1CCN(C(=S)Nc2cc(Cl)cc(Cl)c2)CC1. The van der Waals surface area contributed by atoms with Gasteiger partial charge in [-0.25, -0.2) is 0 Å². The van der Waals surface area contributed by atoms with Gasteiger partial charge in [0, 0.05) is 41.9 Å². The van der Waals surface area contributed by atoms with Crippen LogP contribution in [0.3, 0.4) is 0 Å². The zero-order valence-corrected chi connectivity index (χ0v) is 15.0. The minimum Gasteiger partial charge on any atom is -0.459 e. The molecule has 0 spiro atoms. The van der Waals surface area contributed by atoms with Crippen LogP contribution >= 0.6 is 35.4 Å². The van der Waals surface area contributed by atoms with E-state index in [0.717, 1.165) is 5.69 Å². The van der Waals surface area contributed by atoms with Crippen molar-refractivity contribution in [1.82, 2.24) is 9.80 Å². The number of nitrogens with zero attached hydrogens (tertiary/aromatic N) is 2. The molecule has 2 aromatic rings. The zero-order chi connectivity index (χ0) is 17.1. The topological polar surface area (TPSA) is 48.7 Å². The number of rotatable bonds is 2. The maximum Gasteiger partial charge on any atom is 0.289 e. The molecule has 5 nitrogen and oxygen atoms in total. The lowest BCUT2D eigenvalue weighted by Crippen LogP contribution is -2.51. The summed E-state index contributed by atoms with van der Waals surface area (Å²) < 4.78 is 5.16. The number of piperazine rings is 1. The third-order valence-corrected chi connectivity index (χ3v) is 4.50. The van der Waals surface area contributed by atoms with Gasteiger partial charge in [-0.3, -0.25) is 4.79 Å². The van der Waals surface area contributed by atoms with Crippen LogP contribution in [0.4, 0.5) is 5.69 Å². The highest BCUT2D eigenvalue weighted by molar-refractivity contribution is 7.80. The Labute approximate surface area is 155 Å². The van der Waals surface area contributed by atoms with E-state index in [2.05, 4.69) is 5.32 Å². The number of carbonyl (C=O) groups is 1. The summed E-state index contributed by atoms with van der Waals surface area (Å²) in [6, 6.07) is 8.56. The van der Waals surface area contributed by atoms with Gasteiger partial charge in [0.2, 0.25) is 0 Å². The maximum absolute atomic E-state index is 12.2. The summed E-state index contributed by atoms with van der Waals surface area (Å²) in [4.78, 5) is 16.0. The smallest absolute Gasteiger partial charge is 0.289 e. The molecular formula is C16H15Cl2N3O2S. The monoisotopic (exact) mass is 383 g/mol. The molecule has 24 heavy (non-hydrogen) atoms. The Bertz CT molecular complexity index is 724. The first-order valence-electron chi connectivity index (χ1n) is 7.38. The number of amides is 1. The predicted molar refractivity (Wildman–Crippen MR) is 98.9 cm³/mol. The molecule has 0 saturated carbocycles. The van der Waals surface area contributed by atoms with Gasteiger partial charge in [-0.1, -0.05) is 23.2 Å². The van der Waals surface area contributed by atoms with Gasteiger partial charge in [0.1, 0.15) is 0 Å². The highest BCUT2D eigenvalue weighted by atomic mass is 35.5. The molecule has 0 unspecified atom stereocenters. The minimum atomic E-state index is -0.0971. The number of benzene rings is 1. The molecule has 1 aliphatic rings. The largest absolute Gasteiger partial charge is 0.459 e. The molecule has 0 aliphatic carbocycles. The number of carbonyl (C=O) groups excluding carboxylic acids is 1. The summed E-state index contributed by atoms with van der Waals surface area (Å²) in [7, 11) is 0. The molecule has 3 rings (SSSR count). The lowest BCUT2D eigenvalue weighted by molar-refractivity contribution is 0.0661. The first-order valence-corrected chi connectivity index (χ1v) is 8.54. The van der Waals surface area contributed by atoms with Crippen LogP contribution < -0.4 is 5.32 Å². The fraction of sp³-hybridized carbons (Fsp3) is 0.250. The van der Waals surface area contributed by atoms with Gasteiger partial charge >= 0.3 is 0 Å². The summed E-state index contributed by atoms with van der Waals surface area (Å²) >= 11 is 17.4. The molecule has 1 amide bonds. The van der Waals surface area contributed by atoms with Crippen LogP contribution in [0.15, 0.2) is 41.0 Å².